The SMILES string of the molecule is CCc1cc(-c2cccc(O)c2)c(Cc2cc(OC3CCCC3)cc3c2OCC(C2C(CCCOC)Oc4c(cc(OC5CCCC5)c5cc(O)ccc45)C2O)C3O)cc1O. The maximum Gasteiger partial charge on any atom is 0.133 e. The number of phenolic OH excluding ortho intramolecular Hbond substituents is 3. The Balaban J connectivity index is 1.12. The van der Waals surface area contributed by atoms with Crippen molar-refractivity contribution in [2.24, 2.45) is 11.8 Å². The molecule has 322 valence electrons. The van der Waals surface area contributed by atoms with Crippen molar-refractivity contribution >= 4 is 10.8 Å². The molecule has 5 unspecified atom stereocenters. The number of phenols is 3. The number of methoxy groups -OCH3 is 1. The van der Waals surface area contributed by atoms with Gasteiger partial charge in [0.1, 0.15) is 46.4 Å². The predicted molar refractivity (Wildman–Crippen MR) is 233 cm³/mol. The molecule has 2 aliphatic heterocycles. The van der Waals surface area contributed by atoms with Crippen LogP contribution in [0.15, 0.2) is 72.8 Å². The van der Waals surface area contributed by atoms with Crippen molar-refractivity contribution in [2.75, 3.05) is 20.3 Å². The van der Waals surface area contributed by atoms with Gasteiger partial charge >= 0.3 is 0 Å². The van der Waals surface area contributed by atoms with Crippen LogP contribution in [0.3, 0.4) is 0 Å². The van der Waals surface area contributed by atoms with E-state index in [4.69, 9.17) is 23.7 Å². The Morgan fingerprint density at radius 2 is 1.44 bits per heavy atom. The van der Waals surface area contributed by atoms with Crippen LogP contribution >= 0.6 is 0 Å². The van der Waals surface area contributed by atoms with Gasteiger partial charge in [0, 0.05) is 59.4 Å². The number of aromatic hydroxyl groups is 3. The molecule has 0 spiro atoms. The molecule has 2 fully saturated rings. The first-order chi connectivity index (χ1) is 29.7. The van der Waals surface area contributed by atoms with Crippen molar-refractivity contribution in [2.45, 2.75) is 114 Å². The number of benzene rings is 5. The van der Waals surface area contributed by atoms with Crippen molar-refractivity contribution in [1.29, 1.82) is 0 Å². The zero-order valence-electron chi connectivity index (χ0n) is 35.1. The molecular formula is C51H58O10. The third-order valence-corrected chi connectivity index (χ3v) is 13.5. The van der Waals surface area contributed by atoms with Gasteiger partial charge in [0.15, 0.2) is 0 Å². The Morgan fingerprint density at radius 3 is 2.18 bits per heavy atom. The fourth-order valence-corrected chi connectivity index (χ4v) is 10.4. The lowest BCUT2D eigenvalue weighted by atomic mass is 9.72. The van der Waals surface area contributed by atoms with Gasteiger partial charge in [0.05, 0.1) is 31.0 Å². The van der Waals surface area contributed by atoms with E-state index in [0.717, 1.165) is 90.0 Å². The first-order valence-electron chi connectivity index (χ1n) is 22.3. The van der Waals surface area contributed by atoms with E-state index in [9.17, 15) is 25.5 Å². The van der Waals surface area contributed by atoms with Crippen molar-refractivity contribution in [3.05, 3.63) is 101 Å². The topological polar surface area (TPSA) is 147 Å². The Morgan fingerprint density at radius 1 is 0.705 bits per heavy atom. The number of fused-ring (bicyclic) bond motifs is 4. The van der Waals surface area contributed by atoms with Gasteiger partial charge in [-0.1, -0.05) is 19.1 Å². The lowest BCUT2D eigenvalue weighted by Gasteiger charge is -2.45. The van der Waals surface area contributed by atoms with E-state index in [-0.39, 0.29) is 36.1 Å². The van der Waals surface area contributed by atoms with Gasteiger partial charge in [0.25, 0.3) is 0 Å². The standard InChI is InChI=1S/C51H58O10/c1-3-29-23-39(30-10-8-11-33(52)21-30)31(24-44(29)54)20-32-22-37(59-35-12-4-5-13-35)26-41-48(55)43(28-58-50(32)41)47-45(16-9-19-57-2)61-51-38-18-17-34(53)25-40(38)46(27-42(51)49(47)56)60-36-14-6-7-15-36/h8,10-11,17-18,21-27,35-36,43,45,47-49,52-56H,3-7,9,12-16,19-20,28H2,1-2H3. The van der Waals surface area contributed by atoms with Crippen molar-refractivity contribution in [3.8, 4) is 51.4 Å². The minimum atomic E-state index is -1.04. The molecule has 2 aliphatic carbocycles. The van der Waals surface area contributed by atoms with Crippen LogP contribution in [0.1, 0.15) is 111 Å². The average molecular weight is 831 g/mol. The normalized spacial score (nSPS) is 22.7. The summed E-state index contributed by atoms with van der Waals surface area (Å²) in [6.07, 6.45) is 7.97. The number of hydrogen-bond donors (Lipinski definition) is 5. The second-order valence-electron chi connectivity index (χ2n) is 17.5. The first-order valence-corrected chi connectivity index (χ1v) is 22.3. The van der Waals surface area contributed by atoms with Crippen LogP contribution in [-0.2, 0) is 17.6 Å². The second kappa shape index (κ2) is 17.7. The number of aliphatic hydroxyl groups is 2. The van der Waals surface area contributed by atoms with E-state index in [1.807, 2.05) is 49.4 Å². The van der Waals surface area contributed by atoms with E-state index >= 15 is 0 Å². The molecular weight excluding hydrogens is 773 g/mol. The highest BCUT2D eigenvalue weighted by atomic mass is 16.5. The third kappa shape index (κ3) is 8.30. The van der Waals surface area contributed by atoms with E-state index in [1.165, 1.54) is 0 Å². The molecule has 5 aromatic rings. The van der Waals surface area contributed by atoms with E-state index in [2.05, 4.69) is 0 Å². The maximum atomic E-state index is 12.7. The summed E-state index contributed by atoms with van der Waals surface area (Å²) in [6.45, 7) is 2.63. The molecule has 0 bridgehead atoms. The van der Waals surface area contributed by atoms with Crippen molar-refractivity contribution in [3.63, 3.8) is 0 Å². The lowest BCUT2D eigenvalue weighted by Crippen LogP contribution is -2.46. The molecule has 5 N–H and O–H groups in total. The predicted octanol–water partition coefficient (Wildman–Crippen LogP) is 10.00. The number of aliphatic hydroxyl groups excluding tert-OH is 2. The van der Waals surface area contributed by atoms with Crippen LogP contribution in [-0.4, -0.2) is 64.2 Å². The molecule has 2 saturated carbocycles. The summed E-state index contributed by atoms with van der Waals surface area (Å²) in [5.41, 5.74) is 5.32. The van der Waals surface area contributed by atoms with Gasteiger partial charge in [-0.2, -0.15) is 0 Å². The minimum Gasteiger partial charge on any atom is -0.508 e. The quantitative estimate of drug-likeness (QED) is 0.0727. The summed E-state index contributed by atoms with van der Waals surface area (Å²) in [4.78, 5) is 0. The highest BCUT2D eigenvalue weighted by Crippen LogP contribution is 2.54. The Labute approximate surface area is 357 Å². The van der Waals surface area contributed by atoms with Gasteiger partial charge < -0.3 is 49.2 Å². The zero-order valence-corrected chi connectivity index (χ0v) is 35.1. The van der Waals surface area contributed by atoms with Crippen LogP contribution in [0.5, 0.6) is 40.2 Å². The smallest absolute Gasteiger partial charge is 0.133 e. The fourth-order valence-electron chi connectivity index (χ4n) is 10.4. The molecule has 10 nitrogen and oxygen atoms in total. The molecule has 0 amide bonds. The van der Waals surface area contributed by atoms with Gasteiger partial charge in [-0.15, -0.1) is 0 Å². The summed E-state index contributed by atoms with van der Waals surface area (Å²) >= 11 is 0. The Bertz CT molecular complexity index is 2360. The van der Waals surface area contributed by atoms with Gasteiger partial charge in [-0.05, 0) is 154 Å². The monoisotopic (exact) mass is 830 g/mol. The van der Waals surface area contributed by atoms with Crippen LogP contribution in [0.25, 0.3) is 21.9 Å². The first kappa shape index (κ1) is 41.2. The summed E-state index contributed by atoms with van der Waals surface area (Å²) < 4.78 is 32.4. The molecule has 10 heteroatoms. The molecule has 4 aliphatic rings. The average Bonchev–Trinajstić information content (AvgIpc) is 3.97. The third-order valence-electron chi connectivity index (χ3n) is 13.5. The molecule has 9 rings (SSSR count). The number of aryl methyl sites for hydroxylation is 1. The molecule has 0 radical (unpaired) electrons. The lowest BCUT2D eigenvalue weighted by molar-refractivity contribution is -0.0884. The largest absolute Gasteiger partial charge is 0.508 e. The van der Waals surface area contributed by atoms with E-state index < -0.39 is 30.1 Å². The molecule has 0 saturated heterocycles. The van der Waals surface area contributed by atoms with Gasteiger partial charge in [0.2, 0.25) is 0 Å². The minimum absolute atomic E-state index is 0.0484. The molecule has 5 aromatic carbocycles. The van der Waals surface area contributed by atoms with Gasteiger partial charge in [-0.25, -0.2) is 0 Å². The summed E-state index contributed by atoms with van der Waals surface area (Å²) in [5.74, 6) is 1.69. The second-order valence-corrected chi connectivity index (χ2v) is 17.5. The van der Waals surface area contributed by atoms with Crippen molar-refractivity contribution in [1.82, 2.24) is 0 Å². The summed E-state index contributed by atoms with van der Waals surface area (Å²) in [5, 5.41) is 59.0. The molecule has 5 atom stereocenters. The van der Waals surface area contributed by atoms with Crippen LogP contribution < -0.4 is 18.9 Å². The highest BCUT2D eigenvalue weighted by molar-refractivity contribution is 5.96. The number of rotatable bonds is 13. The maximum absolute atomic E-state index is 12.7. The molecule has 0 aromatic heterocycles. The molecule has 2 heterocycles. The van der Waals surface area contributed by atoms with E-state index in [0.29, 0.717) is 66.4 Å². The van der Waals surface area contributed by atoms with Crippen molar-refractivity contribution < 1.29 is 49.2 Å². The number of hydrogen-bond acceptors (Lipinski definition) is 10. The summed E-state index contributed by atoms with van der Waals surface area (Å²) in [7, 11) is 1.67. The van der Waals surface area contributed by atoms with Crippen LogP contribution in [0, 0.1) is 11.8 Å². The molecule has 61 heavy (non-hydrogen) atoms. The highest BCUT2D eigenvalue weighted by Gasteiger charge is 2.48. The van der Waals surface area contributed by atoms with Crippen LogP contribution in [0.2, 0.25) is 0 Å². The van der Waals surface area contributed by atoms with E-state index in [1.54, 1.807) is 37.4 Å². The van der Waals surface area contributed by atoms with Crippen LogP contribution in [0.4, 0.5) is 0 Å². The fraction of sp³-hybridized carbons (Fsp3) is 0.451. The Kier molecular flexibility index (Phi) is 11.9. The summed E-state index contributed by atoms with van der Waals surface area (Å²) in [6, 6.07) is 21.8. The zero-order chi connectivity index (χ0) is 42.2. The number of ether oxygens (including phenoxy) is 5. The Hall–Kier alpha value is -5.16. The van der Waals surface area contributed by atoms with Gasteiger partial charge in [-0.3, -0.25) is 0 Å².